The van der Waals surface area contributed by atoms with Crippen LogP contribution in [0.1, 0.15) is 149 Å². The van der Waals surface area contributed by atoms with E-state index in [4.69, 9.17) is 18.2 Å². The van der Waals surface area contributed by atoms with Gasteiger partial charge < -0.3 is 0 Å². The molecule has 0 radical (unpaired) electrons. The van der Waals surface area contributed by atoms with Crippen molar-refractivity contribution in [1.29, 1.82) is 0 Å². The van der Waals surface area contributed by atoms with Crippen molar-refractivity contribution < 1.29 is 73.8 Å². The van der Waals surface area contributed by atoms with Gasteiger partial charge in [0.25, 0.3) is 40.5 Å². The maximum absolute atomic E-state index is 12.6. The summed E-state index contributed by atoms with van der Waals surface area (Å²) in [7, 11) is -16.3. The van der Waals surface area contributed by atoms with Gasteiger partial charge in [-0.1, -0.05) is 31.8 Å². The van der Waals surface area contributed by atoms with Gasteiger partial charge in [0.1, 0.15) is 23.3 Å². The molecule has 5 aromatic rings. The number of halogens is 5. The lowest BCUT2D eigenvalue weighted by molar-refractivity contribution is 0.456. The quantitative estimate of drug-likeness (QED) is 0.0876. The van der Waals surface area contributed by atoms with E-state index in [1.807, 2.05) is 0 Å². The second-order valence-electron chi connectivity index (χ2n) is 18.2. The average Bonchev–Trinajstić information content (AvgIpc) is 4.22. The third-order valence-electron chi connectivity index (χ3n) is 13.2. The van der Waals surface area contributed by atoms with Gasteiger partial charge in [0, 0.05) is 23.7 Å². The zero-order valence-electron chi connectivity index (χ0n) is 40.1. The van der Waals surface area contributed by atoms with Gasteiger partial charge in [0.2, 0.25) is 0 Å². The van der Waals surface area contributed by atoms with Crippen LogP contribution in [-0.4, -0.2) is 123 Å². The van der Waals surface area contributed by atoms with Crippen molar-refractivity contribution in [1.82, 2.24) is 49.8 Å². The lowest BCUT2D eigenvalue weighted by Crippen LogP contribution is -2.24. The van der Waals surface area contributed by atoms with Crippen molar-refractivity contribution in [2.45, 2.75) is 141 Å². The lowest BCUT2D eigenvalue weighted by Gasteiger charge is -2.14. The predicted molar refractivity (Wildman–Crippen MR) is 259 cm³/mol. The molecule has 4 saturated carbocycles. The minimum atomic E-state index is -4.08. The summed E-state index contributed by atoms with van der Waals surface area (Å²) in [5.74, 6) is -2.58. The van der Waals surface area contributed by atoms with Crippen molar-refractivity contribution in [3.63, 3.8) is 0 Å². The van der Waals surface area contributed by atoms with Crippen LogP contribution in [0.25, 0.3) is 5.57 Å². The van der Waals surface area contributed by atoms with Gasteiger partial charge in [-0.05, 0) is 76.2 Å². The Hall–Kier alpha value is -5.57. The summed E-state index contributed by atoms with van der Waals surface area (Å²) in [6.07, 6.45) is 22.5. The minimum Gasteiger partial charge on any atom is -0.285 e. The van der Waals surface area contributed by atoms with E-state index < -0.39 is 108 Å². The van der Waals surface area contributed by atoms with E-state index >= 15 is 0 Å². The molecule has 0 saturated heterocycles. The predicted octanol–water partition coefficient (Wildman–Crippen LogP) is 6.74. The number of allylic oxidation sites excluding steroid dienone is 2. The molecule has 414 valence electrons. The van der Waals surface area contributed by atoms with Crippen LogP contribution in [0.4, 0.5) is 22.0 Å². The van der Waals surface area contributed by atoms with Gasteiger partial charge in [-0.25, -0.2) is 71.8 Å². The highest BCUT2D eigenvalue weighted by Crippen LogP contribution is 2.40. The second-order valence-corrected chi connectivity index (χ2v) is 24.8. The summed E-state index contributed by atoms with van der Waals surface area (Å²) < 4.78 is 188. The summed E-state index contributed by atoms with van der Waals surface area (Å²) in [6, 6.07) is 0. The standard InChI is InChI=1S/4C9H11FN2O3S.C9H9FN2/c4*10-6-4-11-9(12-5-6)7-2-1-3-8(7)16(13,14)15;10-8-5-11-9(12-6-8)7-3-1-2-4-7/h4*4-5,7-8H,1-3H2,(H,13,14,15);3,5-6H,1-2,4H2/t2*7-,8+;2*7-,8-;/m1010./s1. The Morgan fingerprint density at radius 2 is 0.566 bits per heavy atom. The third kappa shape index (κ3) is 17.0. The molecular formula is C45H53F5N10O12S4. The van der Waals surface area contributed by atoms with Crippen LogP contribution in [0.2, 0.25) is 0 Å². The molecule has 76 heavy (non-hydrogen) atoms. The molecule has 5 aromatic heterocycles. The highest BCUT2D eigenvalue weighted by Gasteiger charge is 2.42. The largest absolute Gasteiger partial charge is 0.285 e. The Balaban J connectivity index is 0.000000155. The number of nitrogens with zero attached hydrogens (tertiary/aromatic N) is 10. The van der Waals surface area contributed by atoms with Gasteiger partial charge >= 0.3 is 0 Å². The number of hydrogen-bond acceptors (Lipinski definition) is 18. The maximum Gasteiger partial charge on any atom is 0.268 e. The van der Waals surface area contributed by atoms with Crippen molar-refractivity contribution in [2.24, 2.45) is 0 Å². The zero-order chi connectivity index (χ0) is 55.4. The molecule has 5 aliphatic carbocycles. The molecule has 0 amide bonds. The third-order valence-corrected chi connectivity index (χ3v) is 18.5. The molecule has 0 unspecified atom stereocenters. The normalized spacial score (nSPS) is 24.4. The molecule has 0 aromatic carbocycles. The molecule has 4 N–H and O–H groups in total. The molecular weight excluding hydrogens is 1100 g/mol. The van der Waals surface area contributed by atoms with Gasteiger partial charge in [-0.3, -0.25) is 18.2 Å². The number of aromatic nitrogens is 10. The van der Waals surface area contributed by atoms with E-state index in [9.17, 15) is 55.6 Å². The molecule has 0 bridgehead atoms. The van der Waals surface area contributed by atoms with Gasteiger partial charge in [-0.15, -0.1) is 0 Å². The molecule has 10 rings (SSSR count). The topological polar surface area (TPSA) is 346 Å². The SMILES string of the molecule is Fc1cnc(C2=CCCC2)nc1.O=S(=O)(O)[C@@H]1CCC[C@@H]1c1ncc(F)cn1.O=S(=O)(O)[C@@H]1CCC[C@H]1c1ncc(F)cn1.O=S(=O)(O)[C@H]1CCC[C@@H]1c1ncc(F)cn1.O=S(=O)(O)[C@H]1CCC[C@H]1c1ncc(F)cn1. The molecule has 5 aliphatic rings. The fourth-order valence-corrected chi connectivity index (χ4v) is 14.3. The summed E-state index contributed by atoms with van der Waals surface area (Å²) in [5, 5.41) is -3.45. The monoisotopic (exact) mass is 1150 g/mol. The number of hydrogen-bond donors (Lipinski definition) is 4. The van der Waals surface area contributed by atoms with E-state index in [0.717, 1.165) is 74.4 Å². The minimum absolute atomic E-state index is 0.279. The van der Waals surface area contributed by atoms with Gasteiger partial charge in [0.05, 0.1) is 83.0 Å². The van der Waals surface area contributed by atoms with E-state index in [-0.39, 0.29) is 29.1 Å². The first kappa shape index (κ1) is 59.7. The van der Waals surface area contributed by atoms with Crippen LogP contribution in [0.15, 0.2) is 68.0 Å². The average molecular weight is 1150 g/mol. The first-order valence-corrected chi connectivity index (χ1v) is 29.7. The molecule has 5 heterocycles. The fourth-order valence-electron chi connectivity index (χ4n) is 9.72. The van der Waals surface area contributed by atoms with E-state index in [1.54, 1.807) is 0 Å². The molecule has 22 nitrogen and oxygen atoms in total. The van der Waals surface area contributed by atoms with Gasteiger partial charge in [0.15, 0.2) is 34.9 Å². The van der Waals surface area contributed by atoms with Crippen molar-refractivity contribution in [3.8, 4) is 0 Å². The van der Waals surface area contributed by atoms with Gasteiger partial charge in [-0.2, -0.15) is 33.7 Å². The fraction of sp³-hybridized carbons (Fsp3) is 0.511. The summed E-state index contributed by atoms with van der Waals surface area (Å²) in [4.78, 5) is 37.9. The Morgan fingerprint density at radius 3 is 0.763 bits per heavy atom. The highest BCUT2D eigenvalue weighted by molar-refractivity contribution is 7.87. The molecule has 0 aliphatic heterocycles. The second kappa shape index (κ2) is 26.2. The Bertz CT molecular complexity index is 2830. The lowest BCUT2D eigenvalue weighted by atomic mass is 10.1. The van der Waals surface area contributed by atoms with Crippen molar-refractivity contribution in [3.05, 3.63) is 126 Å². The van der Waals surface area contributed by atoms with Crippen molar-refractivity contribution in [2.75, 3.05) is 0 Å². The van der Waals surface area contributed by atoms with E-state index in [2.05, 4.69) is 55.9 Å². The Kier molecular flexibility index (Phi) is 20.6. The molecule has 4 fully saturated rings. The van der Waals surface area contributed by atoms with E-state index in [1.165, 1.54) is 12.4 Å². The van der Waals surface area contributed by atoms with Crippen LogP contribution >= 0.6 is 0 Å². The first-order chi connectivity index (χ1) is 35.8. The summed E-state index contributed by atoms with van der Waals surface area (Å²) in [5.41, 5.74) is 1.15. The Morgan fingerprint density at radius 1 is 0.342 bits per heavy atom. The van der Waals surface area contributed by atoms with Crippen LogP contribution in [0, 0.1) is 29.1 Å². The summed E-state index contributed by atoms with van der Waals surface area (Å²) >= 11 is 0. The highest BCUT2D eigenvalue weighted by atomic mass is 32.2. The molecule has 8 atom stereocenters. The zero-order valence-corrected chi connectivity index (χ0v) is 43.4. The Labute approximate surface area is 435 Å². The smallest absolute Gasteiger partial charge is 0.268 e. The van der Waals surface area contributed by atoms with Crippen LogP contribution in [-0.2, 0) is 40.5 Å². The van der Waals surface area contributed by atoms with Crippen LogP contribution in [0.3, 0.4) is 0 Å². The summed E-state index contributed by atoms with van der Waals surface area (Å²) in [6.45, 7) is 0. The molecule has 0 spiro atoms. The van der Waals surface area contributed by atoms with Crippen LogP contribution < -0.4 is 0 Å². The van der Waals surface area contributed by atoms with Crippen LogP contribution in [0.5, 0.6) is 0 Å². The van der Waals surface area contributed by atoms with Crippen molar-refractivity contribution >= 4 is 46.0 Å². The van der Waals surface area contributed by atoms with E-state index in [0.29, 0.717) is 82.9 Å². The molecule has 31 heteroatoms. The maximum atomic E-state index is 12.6. The first-order valence-electron chi connectivity index (χ1n) is 23.7. The number of rotatable bonds is 9.